The van der Waals surface area contributed by atoms with Crippen molar-refractivity contribution in [2.45, 2.75) is 38.6 Å². The van der Waals surface area contributed by atoms with Gasteiger partial charge in [-0.2, -0.15) is 0 Å². The standard InChI is InChI=1S/C11H22N2O/c1-10(6-4-8-12(2)3)13-9-5-7-11(13)14/h10H,4-9H2,1-3H3. The molecule has 1 saturated heterocycles. The third-order valence-corrected chi connectivity index (χ3v) is 2.87. The molecule has 0 bridgehead atoms. The highest BCUT2D eigenvalue weighted by Gasteiger charge is 2.24. The van der Waals surface area contributed by atoms with E-state index in [1.54, 1.807) is 0 Å². The fraction of sp³-hybridized carbons (Fsp3) is 0.909. The van der Waals surface area contributed by atoms with E-state index in [1.807, 2.05) is 4.90 Å². The maximum Gasteiger partial charge on any atom is 0.222 e. The molecule has 1 aliphatic rings. The molecule has 0 aromatic carbocycles. The van der Waals surface area contributed by atoms with Gasteiger partial charge in [0.15, 0.2) is 0 Å². The smallest absolute Gasteiger partial charge is 0.222 e. The maximum atomic E-state index is 11.4. The second-order valence-corrected chi connectivity index (χ2v) is 4.49. The summed E-state index contributed by atoms with van der Waals surface area (Å²) in [4.78, 5) is 15.7. The van der Waals surface area contributed by atoms with E-state index >= 15 is 0 Å². The molecule has 3 nitrogen and oxygen atoms in total. The first-order valence-electron chi connectivity index (χ1n) is 5.55. The monoisotopic (exact) mass is 198 g/mol. The molecule has 0 N–H and O–H groups in total. The summed E-state index contributed by atoms with van der Waals surface area (Å²) in [5.41, 5.74) is 0. The van der Waals surface area contributed by atoms with Gasteiger partial charge in [0.05, 0.1) is 0 Å². The lowest BCUT2D eigenvalue weighted by atomic mass is 10.1. The van der Waals surface area contributed by atoms with Crippen molar-refractivity contribution in [2.75, 3.05) is 27.2 Å². The Morgan fingerprint density at radius 1 is 1.50 bits per heavy atom. The lowest BCUT2D eigenvalue weighted by molar-refractivity contribution is -0.129. The molecule has 1 amide bonds. The molecule has 0 saturated carbocycles. The minimum atomic E-state index is 0.349. The highest BCUT2D eigenvalue weighted by atomic mass is 16.2. The normalized spacial score (nSPS) is 19.4. The zero-order valence-electron chi connectivity index (χ0n) is 9.62. The van der Waals surface area contributed by atoms with Gasteiger partial charge in [-0.05, 0) is 46.8 Å². The molecule has 0 spiro atoms. The average molecular weight is 198 g/mol. The number of nitrogens with zero attached hydrogens (tertiary/aromatic N) is 2. The van der Waals surface area contributed by atoms with E-state index in [0.717, 1.165) is 32.4 Å². The lowest BCUT2D eigenvalue weighted by Gasteiger charge is -2.24. The second kappa shape index (κ2) is 5.35. The quantitative estimate of drug-likeness (QED) is 0.665. The Bertz CT molecular complexity index is 192. The van der Waals surface area contributed by atoms with Crippen LogP contribution in [-0.4, -0.2) is 48.9 Å². The van der Waals surface area contributed by atoms with Gasteiger partial charge < -0.3 is 9.80 Å². The first kappa shape index (κ1) is 11.5. The van der Waals surface area contributed by atoms with Crippen LogP contribution in [-0.2, 0) is 4.79 Å². The van der Waals surface area contributed by atoms with Crippen LogP contribution < -0.4 is 0 Å². The minimum absolute atomic E-state index is 0.349. The van der Waals surface area contributed by atoms with E-state index in [4.69, 9.17) is 0 Å². The van der Waals surface area contributed by atoms with Crippen LogP contribution in [0.2, 0.25) is 0 Å². The van der Waals surface area contributed by atoms with Crippen LogP contribution in [0, 0.1) is 0 Å². The Morgan fingerprint density at radius 3 is 2.71 bits per heavy atom. The Morgan fingerprint density at radius 2 is 2.21 bits per heavy atom. The van der Waals surface area contributed by atoms with Gasteiger partial charge in [0.1, 0.15) is 0 Å². The summed E-state index contributed by atoms with van der Waals surface area (Å²) < 4.78 is 0. The first-order valence-corrected chi connectivity index (χ1v) is 5.55. The fourth-order valence-corrected chi connectivity index (χ4v) is 1.99. The summed E-state index contributed by atoms with van der Waals surface area (Å²) in [6, 6.07) is 0.435. The predicted molar refractivity (Wildman–Crippen MR) is 58.2 cm³/mol. The average Bonchev–Trinajstić information content (AvgIpc) is 2.50. The summed E-state index contributed by atoms with van der Waals surface area (Å²) >= 11 is 0. The molecule has 1 heterocycles. The Balaban J connectivity index is 2.20. The number of amides is 1. The summed E-state index contributed by atoms with van der Waals surface area (Å²) in [6.07, 6.45) is 4.12. The highest BCUT2D eigenvalue weighted by molar-refractivity contribution is 5.78. The maximum absolute atomic E-state index is 11.4. The van der Waals surface area contributed by atoms with Crippen molar-refractivity contribution in [2.24, 2.45) is 0 Å². The number of carbonyl (C=O) groups excluding carboxylic acids is 1. The van der Waals surface area contributed by atoms with Gasteiger partial charge in [0, 0.05) is 19.0 Å². The molecular formula is C11H22N2O. The van der Waals surface area contributed by atoms with Crippen LogP contribution in [0.3, 0.4) is 0 Å². The van der Waals surface area contributed by atoms with Crippen molar-refractivity contribution in [3.63, 3.8) is 0 Å². The molecule has 0 aromatic heterocycles. The predicted octanol–water partition coefficient (Wildman–Crippen LogP) is 1.34. The second-order valence-electron chi connectivity index (χ2n) is 4.49. The molecule has 1 rings (SSSR count). The molecule has 1 fully saturated rings. The summed E-state index contributed by atoms with van der Waals surface area (Å²) in [7, 11) is 4.18. The van der Waals surface area contributed by atoms with E-state index in [9.17, 15) is 4.79 Å². The van der Waals surface area contributed by atoms with Gasteiger partial charge in [0.25, 0.3) is 0 Å². The Labute approximate surface area is 87.1 Å². The summed E-state index contributed by atoms with van der Waals surface area (Å²) in [5, 5.41) is 0. The summed E-state index contributed by atoms with van der Waals surface area (Å²) in [6.45, 7) is 4.26. The SMILES string of the molecule is CC(CCCN(C)C)N1CCCC1=O. The molecule has 1 unspecified atom stereocenters. The van der Waals surface area contributed by atoms with Gasteiger partial charge in [-0.1, -0.05) is 0 Å². The molecule has 3 heteroatoms. The number of likely N-dealkylation sites (tertiary alicyclic amines) is 1. The minimum Gasteiger partial charge on any atom is -0.340 e. The third kappa shape index (κ3) is 3.29. The van der Waals surface area contributed by atoms with E-state index in [-0.39, 0.29) is 0 Å². The van der Waals surface area contributed by atoms with Gasteiger partial charge in [0.2, 0.25) is 5.91 Å². The molecule has 14 heavy (non-hydrogen) atoms. The highest BCUT2D eigenvalue weighted by Crippen LogP contribution is 2.16. The Kier molecular flexibility index (Phi) is 4.39. The van der Waals surface area contributed by atoms with Crippen molar-refractivity contribution < 1.29 is 4.79 Å². The van der Waals surface area contributed by atoms with Crippen LogP contribution in [0.4, 0.5) is 0 Å². The molecular weight excluding hydrogens is 176 g/mol. The van der Waals surface area contributed by atoms with E-state index in [1.165, 1.54) is 6.42 Å². The van der Waals surface area contributed by atoms with Crippen molar-refractivity contribution in [3.8, 4) is 0 Å². The molecule has 0 aliphatic carbocycles. The Hall–Kier alpha value is -0.570. The van der Waals surface area contributed by atoms with Crippen LogP contribution in [0.1, 0.15) is 32.6 Å². The zero-order valence-corrected chi connectivity index (χ0v) is 9.62. The molecule has 1 atom stereocenters. The zero-order chi connectivity index (χ0) is 10.6. The lowest BCUT2D eigenvalue weighted by Crippen LogP contribution is -2.34. The number of hydrogen-bond donors (Lipinski definition) is 0. The van der Waals surface area contributed by atoms with Crippen molar-refractivity contribution in [1.82, 2.24) is 9.80 Å². The molecule has 0 aromatic rings. The van der Waals surface area contributed by atoms with Gasteiger partial charge in [-0.15, -0.1) is 0 Å². The van der Waals surface area contributed by atoms with E-state index < -0.39 is 0 Å². The van der Waals surface area contributed by atoms with Crippen LogP contribution >= 0.6 is 0 Å². The number of hydrogen-bond acceptors (Lipinski definition) is 2. The first-order chi connectivity index (χ1) is 6.61. The van der Waals surface area contributed by atoms with E-state index in [2.05, 4.69) is 25.9 Å². The third-order valence-electron chi connectivity index (χ3n) is 2.87. The van der Waals surface area contributed by atoms with Crippen molar-refractivity contribution >= 4 is 5.91 Å². The van der Waals surface area contributed by atoms with Crippen molar-refractivity contribution in [1.29, 1.82) is 0 Å². The molecule has 1 aliphatic heterocycles. The van der Waals surface area contributed by atoms with E-state index in [0.29, 0.717) is 11.9 Å². The summed E-state index contributed by atoms with van der Waals surface area (Å²) in [5.74, 6) is 0.349. The molecule has 0 radical (unpaired) electrons. The number of rotatable bonds is 5. The van der Waals surface area contributed by atoms with Crippen LogP contribution in [0.5, 0.6) is 0 Å². The topological polar surface area (TPSA) is 23.6 Å². The van der Waals surface area contributed by atoms with Gasteiger partial charge >= 0.3 is 0 Å². The van der Waals surface area contributed by atoms with Crippen LogP contribution in [0.15, 0.2) is 0 Å². The fourth-order valence-electron chi connectivity index (χ4n) is 1.99. The van der Waals surface area contributed by atoms with Crippen LogP contribution in [0.25, 0.3) is 0 Å². The largest absolute Gasteiger partial charge is 0.340 e. The molecule has 82 valence electrons. The van der Waals surface area contributed by atoms with Gasteiger partial charge in [-0.3, -0.25) is 4.79 Å². The van der Waals surface area contributed by atoms with Gasteiger partial charge in [-0.25, -0.2) is 0 Å². The van der Waals surface area contributed by atoms with Crippen molar-refractivity contribution in [3.05, 3.63) is 0 Å². The number of carbonyl (C=O) groups is 1.